The van der Waals surface area contributed by atoms with Crippen molar-refractivity contribution in [1.82, 2.24) is 14.8 Å². The van der Waals surface area contributed by atoms with Crippen LogP contribution in [0.1, 0.15) is 21.1 Å². The first kappa shape index (κ1) is 18.4. The third-order valence-corrected chi connectivity index (χ3v) is 6.00. The number of ether oxygens (including phenoxy) is 1. The van der Waals surface area contributed by atoms with Crippen LogP contribution in [0.25, 0.3) is 0 Å². The molecule has 6 nitrogen and oxygen atoms in total. The molecular weight excluding hydrogens is 360 g/mol. The zero-order chi connectivity index (χ0) is 18.6. The zero-order valence-corrected chi connectivity index (χ0v) is 16.6. The van der Waals surface area contributed by atoms with Gasteiger partial charge in [0, 0.05) is 50.3 Å². The van der Waals surface area contributed by atoms with Crippen molar-refractivity contribution in [2.45, 2.75) is 13.5 Å². The van der Waals surface area contributed by atoms with E-state index in [0.717, 1.165) is 64.0 Å². The van der Waals surface area contributed by atoms with Gasteiger partial charge in [0.05, 0.1) is 19.8 Å². The molecule has 2 saturated heterocycles. The van der Waals surface area contributed by atoms with Crippen LogP contribution in [0, 0.1) is 6.92 Å². The first-order valence-electron chi connectivity index (χ1n) is 9.54. The highest BCUT2D eigenvalue weighted by Crippen LogP contribution is 2.20. The summed E-state index contributed by atoms with van der Waals surface area (Å²) >= 11 is 1.58. The molecule has 2 aliphatic rings. The molecule has 144 valence electrons. The van der Waals surface area contributed by atoms with Gasteiger partial charge in [0.1, 0.15) is 10.7 Å². The van der Waals surface area contributed by atoms with E-state index < -0.39 is 0 Å². The van der Waals surface area contributed by atoms with Crippen molar-refractivity contribution >= 4 is 22.9 Å². The normalized spacial score (nSPS) is 18.7. The zero-order valence-electron chi connectivity index (χ0n) is 15.8. The second-order valence-electron chi connectivity index (χ2n) is 7.13. The van der Waals surface area contributed by atoms with Gasteiger partial charge in [0.2, 0.25) is 0 Å². The summed E-state index contributed by atoms with van der Waals surface area (Å²) in [4.78, 5) is 24.0. The van der Waals surface area contributed by atoms with Crippen molar-refractivity contribution < 1.29 is 9.53 Å². The summed E-state index contributed by atoms with van der Waals surface area (Å²) in [6.07, 6.45) is 0. The molecule has 7 heteroatoms. The van der Waals surface area contributed by atoms with Crippen LogP contribution in [0.2, 0.25) is 0 Å². The molecule has 0 radical (unpaired) electrons. The number of carbonyl (C=O) groups excluding carboxylic acids is 1. The van der Waals surface area contributed by atoms with Gasteiger partial charge in [0.15, 0.2) is 0 Å². The Morgan fingerprint density at radius 1 is 1.15 bits per heavy atom. The molecule has 1 amide bonds. The fraction of sp³-hybridized carbons (Fsp3) is 0.500. The Kier molecular flexibility index (Phi) is 5.71. The number of anilines is 1. The van der Waals surface area contributed by atoms with Crippen LogP contribution in [0.5, 0.6) is 0 Å². The SMILES string of the molecule is Cc1cccc(N2CCN(C(=O)c3csc(CN4CCOCC4)n3)CC2)c1. The summed E-state index contributed by atoms with van der Waals surface area (Å²) in [5, 5.41) is 2.92. The lowest BCUT2D eigenvalue weighted by Crippen LogP contribution is -2.48. The van der Waals surface area contributed by atoms with E-state index >= 15 is 0 Å². The molecule has 0 atom stereocenters. The minimum atomic E-state index is 0.0587. The first-order valence-corrected chi connectivity index (χ1v) is 10.4. The van der Waals surface area contributed by atoms with Crippen LogP contribution in [0.4, 0.5) is 5.69 Å². The van der Waals surface area contributed by atoms with E-state index in [9.17, 15) is 4.79 Å². The van der Waals surface area contributed by atoms with Crippen LogP contribution in [0.15, 0.2) is 29.6 Å². The number of piperazine rings is 1. The van der Waals surface area contributed by atoms with E-state index in [1.54, 1.807) is 11.3 Å². The van der Waals surface area contributed by atoms with E-state index in [1.807, 2.05) is 10.3 Å². The lowest BCUT2D eigenvalue weighted by Gasteiger charge is -2.36. The van der Waals surface area contributed by atoms with Crippen molar-refractivity contribution in [2.75, 3.05) is 57.4 Å². The smallest absolute Gasteiger partial charge is 0.273 e. The monoisotopic (exact) mass is 386 g/mol. The number of amides is 1. The van der Waals surface area contributed by atoms with Gasteiger partial charge < -0.3 is 14.5 Å². The first-order chi connectivity index (χ1) is 13.2. The maximum atomic E-state index is 12.8. The van der Waals surface area contributed by atoms with Gasteiger partial charge in [-0.3, -0.25) is 9.69 Å². The Hall–Kier alpha value is -1.96. The highest BCUT2D eigenvalue weighted by atomic mass is 32.1. The molecule has 27 heavy (non-hydrogen) atoms. The number of aryl methyl sites for hydroxylation is 1. The Labute approximate surface area is 164 Å². The molecule has 1 aromatic carbocycles. The molecule has 0 spiro atoms. The molecule has 2 aliphatic heterocycles. The Morgan fingerprint density at radius 2 is 1.93 bits per heavy atom. The number of hydrogen-bond donors (Lipinski definition) is 0. The molecule has 3 heterocycles. The predicted octanol–water partition coefficient (Wildman–Crippen LogP) is 2.25. The van der Waals surface area contributed by atoms with Gasteiger partial charge in [-0.2, -0.15) is 0 Å². The van der Waals surface area contributed by atoms with Crippen molar-refractivity contribution in [3.63, 3.8) is 0 Å². The molecular formula is C20H26N4O2S. The highest BCUT2D eigenvalue weighted by molar-refractivity contribution is 7.09. The molecule has 1 aromatic heterocycles. The third-order valence-electron chi connectivity index (χ3n) is 5.17. The Balaban J connectivity index is 1.32. The van der Waals surface area contributed by atoms with Crippen molar-refractivity contribution in [2.24, 2.45) is 0 Å². The number of carbonyl (C=O) groups is 1. The van der Waals surface area contributed by atoms with E-state index in [4.69, 9.17) is 4.74 Å². The van der Waals surface area contributed by atoms with Gasteiger partial charge >= 0.3 is 0 Å². The van der Waals surface area contributed by atoms with Gasteiger partial charge in [0.25, 0.3) is 5.91 Å². The van der Waals surface area contributed by atoms with Crippen LogP contribution in [0.3, 0.4) is 0 Å². The largest absolute Gasteiger partial charge is 0.379 e. The van der Waals surface area contributed by atoms with Gasteiger partial charge in [-0.15, -0.1) is 11.3 Å². The maximum absolute atomic E-state index is 12.8. The Morgan fingerprint density at radius 3 is 2.67 bits per heavy atom. The molecule has 0 N–H and O–H groups in total. The fourth-order valence-electron chi connectivity index (χ4n) is 3.59. The van der Waals surface area contributed by atoms with Crippen LogP contribution < -0.4 is 4.90 Å². The third kappa shape index (κ3) is 4.48. The van der Waals surface area contributed by atoms with Gasteiger partial charge in [-0.25, -0.2) is 4.98 Å². The number of thiazole rings is 1. The molecule has 0 saturated carbocycles. The number of nitrogens with zero attached hydrogens (tertiary/aromatic N) is 4. The van der Waals surface area contributed by atoms with Crippen LogP contribution in [-0.2, 0) is 11.3 Å². The quantitative estimate of drug-likeness (QED) is 0.807. The topological polar surface area (TPSA) is 48.9 Å². The lowest BCUT2D eigenvalue weighted by molar-refractivity contribution is 0.0341. The molecule has 2 aromatic rings. The minimum absolute atomic E-state index is 0.0587. The number of benzene rings is 1. The highest BCUT2D eigenvalue weighted by Gasteiger charge is 2.24. The van der Waals surface area contributed by atoms with E-state index in [-0.39, 0.29) is 5.91 Å². The molecule has 0 bridgehead atoms. The van der Waals surface area contributed by atoms with Gasteiger partial charge in [-0.05, 0) is 24.6 Å². The summed E-state index contributed by atoms with van der Waals surface area (Å²) in [6, 6.07) is 8.55. The van der Waals surface area contributed by atoms with Gasteiger partial charge in [-0.1, -0.05) is 12.1 Å². The summed E-state index contributed by atoms with van der Waals surface area (Å²) in [5.41, 5.74) is 3.09. The average molecular weight is 387 g/mol. The van der Waals surface area contributed by atoms with E-state index in [1.165, 1.54) is 11.3 Å². The summed E-state index contributed by atoms with van der Waals surface area (Å²) < 4.78 is 5.38. The second-order valence-corrected chi connectivity index (χ2v) is 8.08. The summed E-state index contributed by atoms with van der Waals surface area (Å²) in [7, 11) is 0. The van der Waals surface area contributed by atoms with E-state index in [2.05, 4.69) is 46.0 Å². The van der Waals surface area contributed by atoms with Crippen LogP contribution in [-0.4, -0.2) is 73.2 Å². The molecule has 0 unspecified atom stereocenters. The molecule has 2 fully saturated rings. The number of morpholine rings is 1. The maximum Gasteiger partial charge on any atom is 0.273 e. The predicted molar refractivity (Wildman–Crippen MR) is 108 cm³/mol. The Bertz CT molecular complexity index is 780. The lowest BCUT2D eigenvalue weighted by atomic mass is 10.2. The average Bonchev–Trinajstić information content (AvgIpc) is 3.17. The molecule has 0 aliphatic carbocycles. The number of hydrogen-bond acceptors (Lipinski definition) is 6. The standard InChI is InChI=1S/C20H26N4O2S/c1-16-3-2-4-17(13-16)23-5-7-24(8-6-23)20(25)18-15-27-19(21-18)14-22-9-11-26-12-10-22/h2-4,13,15H,5-12,14H2,1H3. The van der Waals surface area contributed by atoms with Crippen LogP contribution >= 0.6 is 11.3 Å². The van der Waals surface area contributed by atoms with Crippen molar-refractivity contribution in [1.29, 1.82) is 0 Å². The molecule has 4 rings (SSSR count). The van der Waals surface area contributed by atoms with Crippen molar-refractivity contribution in [3.05, 3.63) is 45.9 Å². The van der Waals surface area contributed by atoms with Crippen molar-refractivity contribution in [3.8, 4) is 0 Å². The van der Waals surface area contributed by atoms with E-state index in [0.29, 0.717) is 5.69 Å². The summed E-state index contributed by atoms with van der Waals surface area (Å²) in [6.45, 7) is 9.55. The summed E-state index contributed by atoms with van der Waals surface area (Å²) in [5.74, 6) is 0.0587. The number of rotatable bonds is 4. The second kappa shape index (κ2) is 8.37. The minimum Gasteiger partial charge on any atom is -0.379 e. The number of aromatic nitrogens is 1. The fourth-order valence-corrected chi connectivity index (χ4v) is 4.40.